The smallest absolute Gasteiger partial charge is 0.133 e. The molecule has 12 heavy (non-hydrogen) atoms. The molecule has 2 nitrogen and oxygen atoms in total. The van der Waals surface area contributed by atoms with E-state index in [1.165, 1.54) is 0 Å². The molecule has 0 aliphatic carbocycles. The zero-order valence-electron chi connectivity index (χ0n) is 8.48. The lowest BCUT2D eigenvalue weighted by molar-refractivity contribution is -0.116. The highest BCUT2D eigenvalue weighted by Gasteiger charge is 1.93. The van der Waals surface area contributed by atoms with E-state index in [2.05, 4.69) is 19.2 Å². The average Bonchev–Trinajstić information content (AvgIpc) is 1.96. The van der Waals surface area contributed by atoms with Crippen LogP contribution in [0.15, 0.2) is 11.8 Å². The van der Waals surface area contributed by atoms with Crippen LogP contribution in [0.25, 0.3) is 0 Å². The predicted octanol–water partition coefficient (Wildman–Crippen LogP) is 2.11. The van der Waals surface area contributed by atoms with E-state index in [0.717, 1.165) is 12.2 Å². The summed E-state index contributed by atoms with van der Waals surface area (Å²) in [6.45, 7) is 8.88. The fraction of sp³-hybridized carbons (Fsp3) is 0.700. The van der Waals surface area contributed by atoms with Crippen LogP contribution in [0.5, 0.6) is 0 Å². The van der Waals surface area contributed by atoms with E-state index in [1.54, 1.807) is 6.92 Å². The van der Waals surface area contributed by atoms with Crippen molar-refractivity contribution in [1.29, 1.82) is 0 Å². The highest BCUT2D eigenvalue weighted by atomic mass is 16.1. The molecule has 0 spiro atoms. The minimum absolute atomic E-state index is 0.209. The number of nitrogens with one attached hydrogen (secondary N) is 1. The highest BCUT2D eigenvalue weighted by Crippen LogP contribution is 1.94. The van der Waals surface area contributed by atoms with E-state index in [4.69, 9.17) is 0 Å². The predicted molar refractivity (Wildman–Crippen MR) is 51.9 cm³/mol. The van der Waals surface area contributed by atoms with Crippen molar-refractivity contribution in [2.45, 2.75) is 34.1 Å². The number of hydrogen-bond donors (Lipinski definition) is 1. The Morgan fingerprint density at radius 1 is 1.42 bits per heavy atom. The topological polar surface area (TPSA) is 29.1 Å². The maximum atomic E-state index is 10.6. The molecule has 2 heteroatoms. The summed E-state index contributed by atoms with van der Waals surface area (Å²) in [6.07, 6.45) is 2.47. The standard InChI is InChI=1S/C10H19NO/c1-8(2)7-11-9(3)5-6-10(4)12/h5,8,11H,6-7H2,1-4H3/b9-5+. The van der Waals surface area contributed by atoms with Gasteiger partial charge in [0, 0.05) is 18.7 Å². The number of Topliss-reactive ketones (excluding diaryl/α,β-unsaturated/α-hetero) is 1. The summed E-state index contributed by atoms with van der Waals surface area (Å²) in [7, 11) is 0. The van der Waals surface area contributed by atoms with E-state index in [9.17, 15) is 4.79 Å². The van der Waals surface area contributed by atoms with E-state index in [-0.39, 0.29) is 5.78 Å². The first kappa shape index (κ1) is 11.2. The van der Waals surface area contributed by atoms with Gasteiger partial charge in [0.15, 0.2) is 0 Å². The molecule has 0 aliphatic rings. The van der Waals surface area contributed by atoms with E-state index >= 15 is 0 Å². The third-order valence-electron chi connectivity index (χ3n) is 1.48. The number of hydrogen-bond acceptors (Lipinski definition) is 2. The molecule has 0 amide bonds. The Balaban J connectivity index is 3.63. The minimum atomic E-state index is 0.209. The number of carbonyl (C=O) groups is 1. The molecule has 1 N–H and O–H groups in total. The Morgan fingerprint density at radius 2 is 2.00 bits per heavy atom. The summed E-state index contributed by atoms with van der Waals surface area (Å²) in [5.41, 5.74) is 1.10. The lowest BCUT2D eigenvalue weighted by atomic mass is 10.2. The van der Waals surface area contributed by atoms with Crippen molar-refractivity contribution < 1.29 is 4.79 Å². The lowest BCUT2D eigenvalue weighted by Crippen LogP contribution is -2.17. The Labute approximate surface area is 75.0 Å². The van der Waals surface area contributed by atoms with Gasteiger partial charge < -0.3 is 5.32 Å². The van der Waals surface area contributed by atoms with Crippen molar-refractivity contribution in [3.63, 3.8) is 0 Å². The monoisotopic (exact) mass is 169 g/mol. The van der Waals surface area contributed by atoms with Crippen LogP contribution >= 0.6 is 0 Å². The zero-order valence-corrected chi connectivity index (χ0v) is 8.48. The first-order valence-electron chi connectivity index (χ1n) is 4.42. The molecular formula is C10H19NO. The summed E-state index contributed by atoms with van der Waals surface area (Å²) < 4.78 is 0. The van der Waals surface area contributed by atoms with Crippen molar-refractivity contribution >= 4 is 5.78 Å². The van der Waals surface area contributed by atoms with Crippen LogP contribution in [0.3, 0.4) is 0 Å². The molecular weight excluding hydrogens is 150 g/mol. The molecule has 0 atom stereocenters. The second kappa shape index (κ2) is 5.81. The second-order valence-corrected chi connectivity index (χ2v) is 3.57. The molecule has 0 unspecified atom stereocenters. The van der Waals surface area contributed by atoms with Crippen molar-refractivity contribution in [3.8, 4) is 0 Å². The quantitative estimate of drug-likeness (QED) is 0.683. The van der Waals surface area contributed by atoms with E-state index in [0.29, 0.717) is 12.3 Å². The number of ketones is 1. The first-order valence-corrected chi connectivity index (χ1v) is 4.42. The van der Waals surface area contributed by atoms with Crippen LogP contribution in [0.1, 0.15) is 34.1 Å². The Bertz CT molecular complexity index is 171. The highest BCUT2D eigenvalue weighted by molar-refractivity contribution is 5.77. The van der Waals surface area contributed by atoms with Crippen molar-refractivity contribution in [1.82, 2.24) is 5.32 Å². The number of carbonyl (C=O) groups excluding carboxylic acids is 1. The normalized spacial score (nSPS) is 11.9. The van der Waals surface area contributed by atoms with Gasteiger partial charge in [0.1, 0.15) is 5.78 Å². The third-order valence-corrected chi connectivity index (χ3v) is 1.48. The second-order valence-electron chi connectivity index (χ2n) is 3.57. The van der Waals surface area contributed by atoms with Gasteiger partial charge in [-0.05, 0) is 19.8 Å². The molecule has 0 bridgehead atoms. The molecule has 0 radical (unpaired) electrons. The molecule has 70 valence electrons. The molecule has 0 aromatic rings. The zero-order chi connectivity index (χ0) is 9.56. The maximum Gasteiger partial charge on any atom is 0.133 e. The Kier molecular flexibility index (Phi) is 5.43. The molecule has 0 aromatic heterocycles. The Morgan fingerprint density at radius 3 is 2.42 bits per heavy atom. The number of rotatable bonds is 5. The first-order chi connectivity index (χ1) is 5.52. The molecule has 0 aromatic carbocycles. The summed E-state index contributed by atoms with van der Waals surface area (Å²) >= 11 is 0. The van der Waals surface area contributed by atoms with Gasteiger partial charge in [-0.25, -0.2) is 0 Å². The Hall–Kier alpha value is -0.790. The lowest BCUT2D eigenvalue weighted by Gasteiger charge is -2.08. The fourth-order valence-corrected chi connectivity index (χ4v) is 0.734. The third kappa shape index (κ3) is 7.32. The average molecular weight is 169 g/mol. The molecule has 0 rings (SSSR count). The van der Waals surface area contributed by atoms with Crippen LogP contribution in [0.4, 0.5) is 0 Å². The minimum Gasteiger partial charge on any atom is -0.389 e. The molecule has 0 saturated carbocycles. The molecule has 0 aliphatic heterocycles. The van der Waals surface area contributed by atoms with Crippen LogP contribution in [0.2, 0.25) is 0 Å². The van der Waals surface area contributed by atoms with Gasteiger partial charge in [-0.1, -0.05) is 19.9 Å². The van der Waals surface area contributed by atoms with Gasteiger partial charge in [0.05, 0.1) is 0 Å². The van der Waals surface area contributed by atoms with Crippen molar-refractivity contribution in [2.24, 2.45) is 5.92 Å². The summed E-state index contributed by atoms with van der Waals surface area (Å²) in [5, 5.41) is 3.25. The van der Waals surface area contributed by atoms with Crippen LogP contribution < -0.4 is 5.32 Å². The van der Waals surface area contributed by atoms with Crippen molar-refractivity contribution in [2.75, 3.05) is 6.54 Å². The largest absolute Gasteiger partial charge is 0.389 e. The van der Waals surface area contributed by atoms with Gasteiger partial charge in [0.25, 0.3) is 0 Å². The molecule has 0 heterocycles. The van der Waals surface area contributed by atoms with E-state index < -0.39 is 0 Å². The van der Waals surface area contributed by atoms with Crippen LogP contribution in [-0.2, 0) is 4.79 Å². The summed E-state index contributed by atoms with van der Waals surface area (Å²) in [5.74, 6) is 0.853. The van der Waals surface area contributed by atoms with Gasteiger partial charge in [0.2, 0.25) is 0 Å². The molecule has 0 fully saturated rings. The molecule has 0 saturated heterocycles. The number of allylic oxidation sites excluding steroid dienone is 2. The van der Waals surface area contributed by atoms with Crippen LogP contribution in [0, 0.1) is 5.92 Å². The maximum absolute atomic E-state index is 10.6. The van der Waals surface area contributed by atoms with Crippen molar-refractivity contribution in [3.05, 3.63) is 11.8 Å². The van der Waals surface area contributed by atoms with Gasteiger partial charge in [-0.3, -0.25) is 4.79 Å². The van der Waals surface area contributed by atoms with E-state index in [1.807, 2.05) is 13.0 Å². The van der Waals surface area contributed by atoms with Gasteiger partial charge >= 0.3 is 0 Å². The summed E-state index contributed by atoms with van der Waals surface area (Å²) in [6, 6.07) is 0. The summed E-state index contributed by atoms with van der Waals surface area (Å²) in [4.78, 5) is 10.6. The van der Waals surface area contributed by atoms with Crippen LogP contribution in [-0.4, -0.2) is 12.3 Å². The van der Waals surface area contributed by atoms with Gasteiger partial charge in [-0.2, -0.15) is 0 Å². The fourth-order valence-electron chi connectivity index (χ4n) is 0.734. The van der Waals surface area contributed by atoms with Gasteiger partial charge in [-0.15, -0.1) is 0 Å². The SMILES string of the molecule is CC(=O)C/C=C(\C)NCC(C)C.